The molecular formula is C15H20N3O6P. The molecular weight excluding hydrogens is 349 g/mol. The molecule has 9 nitrogen and oxygen atoms in total. The van der Waals surface area contributed by atoms with Gasteiger partial charge in [0.25, 0.3) is 0 Å². The highest BCUT2D eigenvalue weighted by Crippen LogP contribution is 2.42. The lowest BCUT2D eigenvalue weighted by atomic mass is 10.2. The van der Waals surface area contributed by atoms with E-state index in [1.165, 1.54) is 16.8 Å². The van der Waals surface area contributed by atoms with Gasteiger partial charge in [0.2, 0.25) is 0 Å². The van der Waals surface area contributed by atoms with Gasteiger partial charge in [0, 0.05) is 6.20 Å². The number of rotatable bonds is 9. The standard InChI is InChI=1S/C15H20N3O6P/c16-14-6-7-18(15(20)17-14)8-13(9-19)23-11-25(21,22)24-10-12-4-2-1-3-5-12/h1-7,13,19H,8-11H2,(H,21,22)(H2,16,17,20)/t13-/m0/s1. The summed E-state index contributed by atoms with van der Waals surface area (Å²) in [4.78, 5) is 25.0. The summed E-state index contributed by atoms with van der Waals surface area (Å²) in [6, 6.07) is 10.4. The van der Waals surface area contributed by atoms with Crippen molar-refractivity contribution in [2.24, 2.45) is 0 Å². The Hall–Kier alpha value is -2.03. The maximum absolute atomic E-state index is 12.0. The van der Waals surface area contributed by atoms with E-state index in [0.29, 0.717) is 0 Å². The summed E-state index contributed by atoms with van der Waals surface area (Å²) in [6.07, 6.45) is -0.0764. The van der Waals surface area contributed by atoms with E-state index in [2.05, 4.69) is 4.98 Å². The number of anilines is 1. The minimum atomic E-state index is -4.01. The highest BCUT2D eigenvalue weighted by molar-refractivity contribution is 7.52. The zero-order valence-corrected chi connectivity index (χ0v) is 14.3. The summed E-state index contributed by atoms with van der Waals surface area (Å²) in [5, 5.41) is 9.34. The highest BCUT2D eigenvalue weighted by Gasteiger charge is 2.23. The van der Waals surface area contributed by atoms with Crippen molar-refractivity contribution < 1.29 is 23.8 Å². The average Bonchev–Trinajstić information content (AvgIpc) is 2.59. The van der Waals surface area contributed by atoms with Crippen LogP contribution in [0.5, 0.6) is 0 Å². The maximum Gasteiger partial charge on any atom is 0.353 e. The van der Waals surface area contributed by atoms with Crippen molar-refractivity contribution in [1.29, 1.82) is 0 Å². The van der Waals surface area contributed by atoms with E-state index in [1.807, 2.05) is 6.07 Å². The molecule has 0 fully saturated rings. The van der Waals surface area contributed by atoms with Gasteiger partial charge in [-0.15, -0.1) is 0 Å². The molecule has 136 valence electrons. The van der Waals surface area contributed by atoms with Gasteiger partial charge in [-0.2, -0.15) is 4.98 Å². The van der Waals surface area contributed by atoms with Crippen LogP contribution >= 0.6 is 7.60 Å². The minimum absolute atomic E-state index is 0.0386. The summed E-state index contributed by atoms with van der Waals surface area (Å²) >= 11 is 0. The van der Waals surface area contributed by atoms with E-state index in [1.54, 1.807) is 24.3 Å². The fourth-order valence-electron chi connectivity index (χ4n) is 1.95. The first-order valence-electron chi connectivity index (χ1n) is 7.45. The largest absolute Gasteiger partial charge is 0.394 e. The number of nitrogen functional groups attached to an aromatic ring is 1. The van der Waals surface area contributed by atoms with Crippen LogP contribution in [0.4, 0.5) is 5.82 Å². The predicted molar refractivity (Wildman–Crippen MR) is 90.8 cm³/mol. The van der Waals surface area contributed by atoms with Gasteiger partial charge in [0.15, 0.2) is 0 Å². The smallest absolute Gasteiger partial charge is 0.353 e. The Morgan fingerprint density at radius 3 is 2.64 bits per heavy atom. The van der Waals surface area contributed by atoms with E-state index in [-0.39, 0.29) is 19.0 Å². The monoisotopic (exact) mass is 369 g/mol. The van der Waals surface area contributed by atoms with E-state index < -0.39 is 32.3 Å². The Kier molecular flexibility index (Phi) is 6.86. The third kappa shape index (κ3) is 6.41. The van der Waals surface area contributed by atoms with Crippen LogP contribution < -0.4 is 11.4 Å². The van der Waals surface area contributed by atoms with Crippen LogP contribution in [0.15, 0.2) is 47.4 Å². The summed E-state index contributed by atoms with van der Waals surface area (Å²) in [6.45, 7) is -0.528. The number of hydrogen-bond acceptors (Lipinski definition) is 7. The molecule has 0 radical (unpaired) electrons. The molecule has 2 rings (SSSR count). The van der Waals surface area contributed by atoms with Gasteiger partial charge in [0.05, 0.1) is 25.9 Å². The Bertz CT molecular complexity index is 782. The van der Waals surface area contributed by atoms with E-state index in [0.717, 1.165) is 5.56 Å². The quantitative estimate of drug-likeness (QED) is 0.546. The predicted octanol–water partition coefficient (Wildman–Crippen LogP) is 0.563. The van der Waals surface area contributed by atoms with Gasteiger partial charge in [-0.3, -0.25) is 9.13 Å². The first-order valence-corrected chi connectivity index (χ1v) is 9.21. The molecule has 25 heavy (non-hydrogen) atoms. The SMILES string of the molecule is Nc1ccn(C[C@@H](CO)OCP(=O)(O)OCc2ccccc2)c(=O)n1. The molecule has 0 saturated carbocycles. The molecule has 0 aliphatic rings. The third-order valence-electron chi connectivity index (χ3n) is 3.25. The van der Waals surface area contributed by atoms with Crippen molar-refractivity contribution >= 4 is 13.4 Å². The molecule has 1 aromatic carbocycles. The minimum Gasteiger partial charge on any atom is -0.394 e. The van der Waals surface area contributed by atoms with Crippen LogP contribution in [0.1, 0.15) is 5.56 Å². The zero-order valence-electron chi connectivity index (χ0n) is 13.4. The lowest BCUT2D eigenvalue weighted by molar-refractivity contribution is 0.0164. The fourth-order valence-corrected chi connectivity index (χ4v) is 2.77. The van der Waals surface area contributed by atoms with Crippen molar-refractivity contribution in [2.75, 3.05) is 18.7 Å². The van der Waals surface area contributed by atoms with Crippen LogP contribution in [-0.2, 0) is 27.0 Å². The second kappa shape index (κ2) is 8.89. The molecule has 1 aromatic heterocycles. The molecule has 0 spiro atoms. The number of hydrogen-bond donors (Lipinski definition) is 3. The Balaban J connectivity index is 1.88. The second-order valence-electron chi connectivity index (χ2n) is 5.28. The summed E-state index contributed by atoms with van der Waals surface area (Å²) in [5.74, 6) is 0.0805. The molecule has 4 N–H and O–H groups in total. The van der Waals surface area contributed by atoms with E-state index >= 15 is 0 Å². The normalized spacial score (nSPS) is 14.8. The molecule has 0 amide bonds. The summed E-state index contributed by atoms with van der Waals surface area (Å²) in [5.41, 5.74) is 5.54. The number of aliphatic hydroxyl groups excluding tert-OH is 1. The van der Waals surface area contributed by atoms with Crippen LogP contribution in [0, 0.1) is 0 Å². The molecule has 1 heterocycles. The first kappa shape index (κ1) is 19.3. The van der Waals surface area contributed by atoms with Crippen LogP contribution in [0.3, 0.4) is 0 Å². The molecule has 10 heteroatoms. The van der Waals surface area contributed by atoms with Crippen LogP contribution in [0.2, 0.25) is 0 Å². The van der Waals surface area contributed by atoms with Crippen molar-refractivity contribution in [2.45, 2.75) is 19.3 Å². The van der Waals surface area contributed by atoms with E-state index in [4.69, 9.17) is 15.0 Å². The molecule has 0 bridgehead atoms. The number of nitrogens with zero attached hydrogens (tertiary/aromatic N) is 2. The van der Waals surface area contributed by atoms with Crippen LogP contribution in [-0.4, -0.2) is 38.6 Å². The van der Waals surface area contributed by atoms with Gasteiger partial charge in [-0.05, 0) is 11.6 Å². The fraction of sp³-hybridized carbons (Fsp3) is 0.333. The number of aromatic nitrogens is 2. The van der Waals surface area contributed by atoms with Crippen molar-refractivity contribution in [1.82, 2.24) is 9.55 Å². The molecule has 2 atom stereocenters. The van der Waals surface area contributed by atoms with Gasteiger partial charge in [0.1, 0.15) is 12.2 Å². The van der Waals surface area contributed by atoms with Crippen molar-refractivity contribution in [3.05, 3.63) is 58.6 Å². The summed E-state index contributed by atoms with van der Waals surface area (Å²) in [7, 11) is -4.01. The van der Waals surface area contributed by atoms with Crippen molar-refractivity contribution in [3.8, 4) is 0 Å². The van der Waals surface area contributed by atoms with Crippen molar-refractivity contribution in [3.63, 3.8) is 0 Å². The lowest BCUT2D eigenvalue weighted by Gasteiger charge is -2.19. The molecule has 1 unspecified atom stereocenters. The van der Waals surface area contributed by atoms with Crippen LogP contribution in [0.25, 0.3) is 0 Å². The molecule has 0 saturated heterocycles. The molecule has 0 aliphatic carbocycles. The topological polar surface area (TPSA) is 137 Å². The second-order valence-corrected chi connectivity index (χ2v) is 7.08. The maximum atomic E-state index is 12.0. The van der Waals surface area contributed by atoms with Gasteiger partial charge in [-0.25, -0.2) is 4.79 Å². The van der Waals surface area contributed by atoms with E-state index in [9.17, 15) is 19.4 Å². The zero-order chi connectivity index (χ0) is 18.3. The summed E-state index contributed by atoms with van der Waals surface area (Å²) < 4.78 is 23.4. The molecule has 0 aliphatic heterocycles. The van der Waals surface area contributed by atoms with Gasteiger partial charge >= 0.3 is 13.3 Å². The number of aliphatic hydroxyl groups is 1. The average molecular weight is 369 g/mol. The molecule has 2 aromatic rings. The Morgan fingerprint density at radius 1 is 1.28 bits per heavy atom. The number of nitrogens with two attached hydrogens (primary N) is 1. The lowest BCUT2D eigenvalue weighted by Crippen LogP contribution is -2.32. The number of benzene rings is 1. The van der Waals surface area contributed by atoms with Gasteiger partial charge < -0.3 is 25.0 Å². The van der Waals surface area contributed by atoms with Gasteiger partial charge in [-0.1, -0.05) is 30.3 Å². The third-order valence-corrected chi connectivity index (χ3v) is 4.26. The first-order chi connectivity index (χ1) is 11.9. The number of ether oxygens (including phenoxy) is 1. The highest BCUT2D eigenvalue weighted by atomic mass is 31.2. The Labute approximate surface area is 144 Å². The Morgan fingerprint density at radius 2 is 2.00 bits per heavy atom.